The fraction of sp³-hybridized carbons (Fsp3) is 0. The number of hydrogen-bond acceptors (Lipinski definition) is 3. The van der Waals surface area contributed by atoms with Gasteiger partial charge in [-0.05, 0) is 48.0 Å². The second-order valence-corrected chi connectivity index (χ2v) is 6.97. The summed E-state index contributed by atoms with van der Waals surface area (Å²) in [6.07, 6.45) is 1.15. The van der Waals surface area contributed by atoms with Crippen molar-refractivity contribution in [3.63, 3.8) is 0 Å². The van der Waals surface area contributed by atoms with Crippen LogP contribution in [0.2, 0.25) is 0 Å². The summed E-state index contributed by atoms with van der Waals surface area (Å²) in [5.41, 5.74) is 0.312. The average Bonchev–Trinajstić information content (AvgIpc) is 2.45. The molecular formula is C15H9BrFNO2S. The van der Waals surface area contributed by atoms with Crippen molar-refractivity contribution < 1.29 is 12.8 Å². The molecule has 0 N–H and O–H groups in total. The Morgan fingerprint density at radius 1 is 1.19 bits per heavy atom. The molecule has 0 aromatic heterocycles. The first kappa shape index (κ1) is 15.4. The van der Waals surface area contributed by atoms with Crippen molar-refractivity contribution in [2.75, 3.05) is 0 Å². The van der Waals surface area contributed by atoms with Gasteiger partial charge in [0.15, 0.2) is 0 Å². The van der Waals surface area contributed by atoms with Crippen molar-refractivity contribution in [1.29, 1.82) is 5.26 Å². The van der Waals surface area contributed by atoms with Crippen LogP contribution in [-0.4, -0.2) is 8.42 Å². The van der Waals surface area contributed by atoms with Gasteiger partial charge in [0.2, 0.25) is 9.84 Å². The van der Waals surface area contributed by atoms with E-state index < -0.39 is 20.6 Å². The molecule has 2 aromatic rings. The smallest absolute Gasteiger partial charge is 0.216 e. The molecule has 0 aliphatic carbocycles. The van der Waals surface area contributed by atoms with Crippen LogP contribution in [-0.2, 0) is 9.84 Å². The maximum absolute atomic E-state index is 13.1. The Morgan fingerprint density at radius 3 is 2.43 bits per heavy atom. The number of nitrogens with zero attached hydrogens (tertiary/aromatic N) is 1. The Labute approximate surface area is 130 Å². The van der Waals surface area contributed by atoms with Gasteiger partial charge < -0.3 is 0 Å². The third kappa shape index (κ3) is 3.57. The number of halogens is 2. The number of nitriles is 1. The van der Waals surface area contributed by atoms with E-state index in [9.17, 15) is 12.8 Å². The average molecular weight is 366 g/mol. The van der Waals surface area contributed by atoms with Crippen LogP contribution in [0.3, 0.4) is 0 Å². The standard InChI is InChI=1S/C15H9BrFNO2S/c16-12-4-6-14(7-5-12)21(19,20)15(10-18)9-11-2-1-3-13(17)8-11/h1-9H/b15-9+. The van der Waals surface area contributed by atoms with Crippen LogP contribution in [0, 0.1) is 17.1 Å². The molecule has 0 heterocycles. The van der Waals surface area contributed by atoms with Crippen molar-refractivity contribution in [3.05, 3.63) is 69.3 Å². The Balaban J connectivity index is 2.50. The van der Waals surface area contributed by atoms with Crippen molar-refractivity contribution in [3.8, 4) is 6.07 Å². The highest BCUT2D eigenvalue weighted by Crippen LogP contribution is 2.23. The number of allylic oxidation sites excluding steroid dienone is 1. The van der Waals surface area contributed by atoms with Crippen LogP contribution in [0.25, 0.3) is 6.08 Å². The largest absolute Gasteiger partial charge is 0.218 e. The fourth-order valence-electron chi connectivity index (χ4n) is 1.66. The summed E-state index contributed by atoms with van der Waals surface area (Å²) in [7, 11) is -3.92. The summed E-state index contributed by atoms with van der Waals surface area (Å²) in [4.78, 5) is -0.426. The minimum atomic E-state index is -3.92. The minimum Gasteiger partial charge on any atom is -0.218 e. The van der Waals surface area contributed by atoms with E-state index in [0.29, 0.717) is 5.56 Å². The van der Waals surface area contributed by atoms with E-state index in [4.69, 9.17) is 5.26 Å². The molecule has 0 amide bonds. The minimum absolute atomic E-state index is 0.00917. The van der Waals surface area contributed by atoms with Crippen LogP contribution in [0.4, 0.5) is 4.39 Å². The Bertz CT molecular complexity index is 837. The lowest BCUT2D eigenvalue weighted by molar-refractivity contribution is 0.603. The molecule has 0 fully saturated rings. The van der Waals surface area contributed by atoms with E-state index in [2.05, 4.69) is 15.9 Å². The molecular weight excluding hydrogens is 357 g/mol. The summed E-state index contributed by atoms with van der Waals surface area (Å²) in [5.74, 6) is -0.498. The molecule has 2 aromatic carbocycles. The number of hydrogen-bond donors (Lipinski definition) is 0. The zero-order chi connectivity index (χ0) is 15.5. The molecule has 0 aliphatic rings. The van der Waals surface area contributed by atoms with Crippen molar-refractivity contribution in [2.24, 2.45) is 0 Å². The third-order valence-corrected chi connectivity index (χ3v) is 4.88. The highest BCUT2D eigenvalue weighted by molar-refractivity contribution is 9.10. The van der Waals surface area contributed by atoms with E-state index in [0.717, 1.165) is 16.6 Å². The molecule has 0 saturated carbocycles. The van der Waals surface area contributed by atoms with E-state index >= 15 is 0 Å². The summed E-state index contributed by atoms with van der Waals surface area (Å²) in [5, 5.41) is 9.11. The van der Waals surface area contributed by atoms with Crippen molar-refractivity contribution >= 4 is 31.8 Å². The molecule has 106 valence electrons. The predicted molar refractivity (Wildman–Crippen MR) is 81.3 cm³/mol. The first-order valence-corrected chi connectivity index (χ1v) is 8.09. The number of benzene rings is 2. The van der Waals surface area contributed by atoms with Gasteiger partial charge in [0, 0.05) is 4.47 Å². The second kappa shape index (κ2) is 6.20. The molecule has 0 aliphatic heterocycles. The van der Waals surface area contributed by atoms with Gasteiger partial charge >= 0.3 is 0 Å². The highest BCUT2D eigenvalue weighted by atomic mass is 79.9. The molecule has 0 radical (unpaired) electrons. The van der Waals surface area contributed by atoms with Gasteiger partial charge in [0.25, 0.3) is 0 Å². The summed E-state index contributed by atoms with van der Waals surface area (Å²) >= 11 is 3.21. The molecule has 0 atom stereocenters. The van der Waals surface area contributed by atoms with Crippen LogP contribution in [0.15, 0.2) is 62.8 Å². The molecule has 0 saturated heterocycles. The van der Waals surface area contributed by atoms with Gasteiger partial charge in [0.05, 0.1) is 4.90 Å². The number of rotatable bonds is 3. The van der Waals surface area contributed by atoms with Gasteiger partial charge in [-0.3, -0.25) is 0 Å². The van der Waals surface area contributed by atoms with E-state index in [1.165, 1.54) is 30.3 Å². The fourth-order valence-corrected chi connectivity index (χ4v) is 3.08. The lowest BCUT2D eigenvalue weighted by Crippen LogP contribution is -2.03. The third-order valence-electron chi connectivity index (χ3n) is 2.67. The molecule has 3 nitrogen and oxygen atoms in total. The molecule has 0 spiro atoms. The van der Waals surface area contributed by atoms with Gasteiger partial charge in [-0.15, -0.1) is 0 Å². The summed E-state index contributed by atoms with van der Waals surface area (Å²) in [6.45, 7) is 0. The number of sulfone groups is 1. The van der Waals surface area contributed by atoms with Crippen LogP contribution in [0.1, 0.15) is 5.56 Å². The summed E-state index contributed by atoms with van der Waals surface area (Å²) in [6, 6.07) is 13.0. The topological polar surface area (TPSA) is 57.9 Å². The zero-order valence-corrected chi connectivity index (χ0v) is 13.0. The molecule has 0 bridgehead atoms. The van der Waals surface area contributed by atoms with Gasteiger partial charge in [-0.25, -0.2) is 12.8 Å². The van der Waals surface area contributed by atoms with Crippen LogP contribution in [0.5, 0.6) is 0 Å². The van der Waals surface area contributed by atoms with E-state index in [-0.39, 0.29) is 4.90 Å². The van der Waals surface area contributed by atoms with E-state index in [1.807, 2.05) is 0 Å². The lowest BCUT2D eigenvalue weighted by atomic mass is 10.2. The Morgan fingerprint density at radius 2 is 1.86 bits per heavy atom. The molecule has 21 heavy (non-hydrogen) atoms. The Kier molecular flexibility index (Phi) is 4.56. The maximum Gasteiger partial charge on any atom is 0.216 e. The molecule has 2 rings (SSSR count). The highest BCUT2D eigenvalue weighted by Gasteiger charge is 2.20. The monoisotopic (exact) mass is 365 g/mol. The van der Waals surface area contributed by atoms with Gasteiger partial charge in [0.1, 0.15) is 16.8 Å². The van der Waals surface area contributed by atoms with Gasteiger partial charge in [-0.2, -0.15) is 5.26 Å². The first-order chi connectivity index (χ1) is 9.93. The quantitative estimate of drug-likeness (QED) is 0.774. The first-order valence-electron chi connectivity index (χ1n) is 5.81. The summed E-state index contributed by atoms with van der Waals surface area (Å²) < 4.78 is 38.6. The van der Waals surface area contributed by atoms with Crippen molar-refractivity contribution in [2.45, 2.75) is 4.90 Å². The SMILES string of the molecule is N#C/C(=C\c1cccc(F)c1)S(=O)(=O)c1ccc(Br)cc1. The van der Waals surface area contributed by atoms with E-state index in [1.54, 1.807) is 18.2 Å². The van der Waals surface area contributed by atoms with Crippen molar-refractivity contribution in [1.82, 2.24) is 0 Å². The molecule has 0 unspecified atom stereocenters. The lowest BCUT2D eigenvalue weighted by Gasteiger charge is -2.03. The predicted octanol–water partition coefficient (Wildman–Crippen LogP) is 3.93. The molecule has 6 heteroatoms. The van der Waals surface area contributed by atoms with Crippen LogP contribution >= 0.6 is 15.9 Å². The Hall–Kier alpha value is -1.97. The normalized spacial score (nSPS) is 12.0. The zero-order valence-electron chi connectivity index (χ0n) is 10.6. The van der Waals surface area contributed by atoms with Crippen LogP contribution < -0.4 is 0 Å². The second-order valence-electron chi connectivity index (χ2n) is 4.13. The maximum atomic E-state index is 13.1. The van der Waals surface area contributed by atoms with Gasteiger partial charge in [-0.1, -0.05) is 28.1 Å².